The number of rotatable bonds is 6. The van der Waals surface area contributed by atoms with E-state index in [1.807, 2.05) is 32.8 Å². The van der Waals surface area contributed by atoms with Crippen molar-refractivity contribution in [2.24, 2.45) is 0 Å². The van der Waals surface area contributed by atoms with Gasteiger partial charge in [-0.3, -0.25) is 0 Å². The molecule has 0 saturated carbocycles. The summed E-state index contributed by atoms with van der Waals surface area (Å²) in [5.41, 5.74) is -0.192. The fraction of sp³-hybridized carbons (Fsp3) is 1.00. The largest absolute Gasteiger partial charge is 0.303 e. The van der Waals surface area contributed by atoms with E-state index in [9.17, 15) is 8.42 Å². The van der Waals surface area contributed by atoms with Crippen molar-refractivity contribution in [1.82, 2.24) is 14.3 Å². The lowest BCUT2D eigenvalue weighted by atomic mass is 10.1. The second-order valence-electron chi connectivity index (χ2n) is 4.03. The molecule has 0 spiro atoms. The van der Waals surface area contributed by atoms with Crippen LogP contribution in [0.15, 0.2) is 0 Å². The van der Waals surface area contributed by atoms with Crippen LogP contribution >= 0.6 is 0 Å². The SMILES string of the molecule is CCNS(=O)(=O)NCC(C)(C)N(C)C. The van der Waals surface area contributed by atoms with E-state index in [4.69, 9.17) is 0 Å². The van der Waals surface area contributed by atoms with Gasteiger partial charge in [0.25, 0.3) is 10.2 Å². The van der Waals surface area contributed by atoms with Crippen LogP contribution in [0.4, 0.5) is 0 Å². The van der Waals surface area contributed by atoms with Crippen molar-refractivity contribution in [3.8, 4) is 0 Å². The molecule has 0 fully saturated rings. The van der Waals surface area contributed by atoms with E-state index in [0.717, 1.165) is 0 Å². The van der Waals surface area contributed by atoms with Crippen molar-refractivity contribution in [1.29, 1.82) is 0 Å². The lowest BCUT2D eigenvalue weighted by Crippen LogP contribution is -2.50. The predicted octanol–water partition coefficient (Wildman–Crippen LogP) is -0.229. The fourth-order valence-corrected chi connectivity index (χ4v) is 1.70. The molecule has 2 N–H and O–H groups in total. The monoisotopic (exact) mass is 223 g/mol. The minimum atomic E-state index is -3.33. The maximum atomic E-state index is 11.3. The second kappa shape index (κ2) is 5.06. The minimum Gasteiger partial charge on any atom is -0.303 e. The lowest BCUT2D eigenvalue weighted by molar-refractivity contribution is 0.198. The van der Waals surface area contributed by atoms with Gasteiger partial charge in [-0.2, -0.15) is 8.42 Å². The Morgan fingerprint density at radius 1 is 1.21 bits per heavy atom. The van der Waals surface area contributed by atoms with Crippen LogP contribution in [0.1, 0.15) is 20.8 Å². The molecule has 0 bridgehead atoms. The Kier molecular flexibility index (Phi) is 5.00. The van der Waals surface area contributed by atoms with Crippen LogP contribution in [0.5, 0.6) is 0 Å². The third-order valence-corrected chi connectivity index (χ3v) is 3.43. The van der Waals surface area contributed by atoms with Crippen molar-refractivity contribution in [2.75, 3.05) is 27.2 Å². The predicted molar refractivity (Wildman–Crippen MR) is 58.4 cm³/mol. The fourth-order valence-electron chi connectivity index (χ4n) is 0.671. The quantitative estimate of drug-likeness (QED) is 0.654. The molecule has 6 heteroatoms. The summed E-state index contributed by atoms with van der Waals surface area (Å²) in [6.07, 6.45) is 0. The molecule has 0 rings (SSSR count). The molecule has 0 aromatic heterocycles. The Morgan fingerprint density at radius 2 is 1.71 bits per heavy atom. The van der Waals surface area contributed by atoms with Crippen LogP contribution < -0.4 is 9.44 Å². The van der Waals surface area contributed by atoms with Crippen molar-refractivity contribution in [2.45, 2.75) is 26.3 Å². The highest BCUT2D eigenvalue weighted by Gasteiger charge is 2.22. The summed E-state index contributed by atoms with van der Waals surface area (Å²) in [5.74, 6) is 0. The number of hydrogen-bond donors (Lipinski definition) is 2. The highest BCUT2D eigenvalue weighted by atomic mass is 32.2. The maximum absolute atomic E-state index is 11.3. The number of nitrogens with zero attached hydrogens (tertiary/aromatic N) is 1. The van der Waals surface area contributed by atoms with Crippen molar-refractivity contribution in [3.63, 3.8) is 0 Å². The molecule has 0 heterocycles. The van der Waals surface area contributed by atoms with Gasteiger partial charge in [0.1, 0.15) is 0 Å². The van der Waals surface area contributed by atoms with Gasteiger partial charge < -0.3 is 4.90 Å². The highest BCUT2D eigenvalue weighted by Crippen LogP contribution is 2.07. The lowest BCUT2D eigenvalue weighted by Gasteiger charge is -2.32. The smallest absolute Gasteiger partial charge is 0.276 e. The molecule has 0 saturated heterocycles. The zero-order valence-electron chi connectivity index (χ0n) is 9.59. The maximum Gasteiger partial charge on any atom is 0.276 e. The average Bonchev–Trinajstić information content (AvgIpc) is 2.01. The molecule has 0 aliphatic rings. The van der Waals surface area contributed by atoms with E-state index in [2.05, 4.69) is 9.44 Å². The minimum absolute atomic E-state index is 0.192. The first-order chi connectivity index (χ1) is 6.21. The summed E-state index contributed by atoms with van der Waals surface area (Å²) in [6, 6.07) is 0. The molecule has 0 aromatic rings. The van der Waals surface area contributed by atoms with Crippen LogP contribution in [0, 0.1) is 0 Å². The van der Waals surface area contributed by atoms with Crippen molar-refractivity contribution >= 4 is 10.2 Å². The highest BCUT2D eigenvalue weighted by molar-refractivity contribution is 7.87. The molecule has 0 aliphatic heterocycles. The molecule has 0 radical (unpaired) electrons. The Hall–Kier alpha value is -0.170. The molecule has 5 nitrogen and oxygen atoms in total. The van der Waals surface area contributed by atoms with Crippen LogP contribution in [0.3, 0.4) is 0 Å². The molecule has 0 unspecified atom stereocenters. The van der Waals surface area contributed by atoms with E-state index in [1.165, 1.54) is 0 Å². The van der Waals surface area contributed by atoms with Crippen molar-refractivity contribution < 1.29 is 8.42 Å². The molecule has 0 atom stereocenters. The standard InChI is InChI=1S/C8H21N3O2S/c1-6-9-14(12,13)10-7-8(2,3)11(4)5/h9-10H,6-7H2,1-5H3. The van der Waals surface area contributed by atoms with Gasteiger partial charge in [-0.15, -0.1) is 0 Å². The zero-order valence-corrected chi connectivity index (χ0v) is 10.4. The summed E-state index contributed by atoms with van der Waals surface area (Å²) in [7, 11) is 0.511. The first-order valence-corrected chi connectivity index (χ1v) is 6.11. The van der Waals surface area contributed by atoms with Crippen LogP contribution in [0.2, 0.25) is 0 Å². The third-order valence-electron chi connectivity index (χ3n) is 2.24. The van der Waals surface area contributed by atoms with E-state index in [1.54, 1.807) is 6.92 Å². The number of nitrogens with one attached hydrogen (secondary N) is 2. The first kappa shape index (κ1) is 13.8. The summed E-state index contributed by atoms with van der Waals surface area (Å²) in [4.78, 5) is 1.97. The molecule has 0 aliphatic carbocycles. The summed E-state index contributed by atoms with van der Waals surface area (Å²) < 4.78 is 27.4. The summed E-state index contributed by atoms with van der Waals surface area (Å²) in [6.45, 7) is 6.48. The average molecular weight is 223 g/mol. The summed E-state index contributed by atoms with van der Waals surface area (Å²) in [5, 5.41) is 0. The summed E-state index contributed by atoms with van der Waals surface area (Å²) >= 11 is 0. The second-order valence-corrected chi connectivity index (χ2v) is 5.61. The van der Waals surface area contributed by atoms with Gasteiger partial charge in [-0.05, 0) is 27.9 Å². The third kappa shape index (κ3) is 4.90. The van der Waals surface area contributed by atoms with Gasteiger partial charge in [0.2, 0.25) is 0 Å². The van der Waals surface area contributed by atoms with Crippen LogP contribution in [-0.2, 0) is 10.2 Å². The van der Waals surface area contributed by atoms with E-state index in [-0.39, 0.29) is 5.54 Å². The molecule has 0 amide bonds. The molecule has 14 heavy (non-hydrogen) atoms. The molecular weight excluding hydrogens is 202 g/mol. The Morgan fingerprint density at radius 3 is 2.07 bits per heavy atom. The van der Waals surface area contributed by atoms with Gasteiger partial charge in [0, 0.05) is 18.6 Å². The van der Waals surface area contributed by atoms with Gasteiger partial charge in [0.05, 0.1) is 0 Å². The Balaban J connectivity index is 4.19. The van der Waals surface area contributed by atoms with Crippen LogP contribution in [-0.4, -0.2) is 46.0 Å². The zero-order chi connectivity index (χ0) is 11.4. The molecule has 0 aromatic carbocycles. The van der Waals surface area contributed by atoms with Gasteiger partial charge in [-0.1, -0.05) is 6.92 Å². The normalized spacial score (nSPS) is 13.6. The topological polar surface area (TPSA) is 61.4 Å². The van der Waals surface area contributed by atoms with E-state index >= 15 is 0 Å². The molecular formula is C8H21N3O2S. The van der Waals surface area contributed by atoms with Gasteiger partial charge in [0.15, 0.2) is 0 Å². The van der Waals surface area contributed by atoms with Gasteiger partial charge >= 0.3 is 0 Å². The Labute approximate surface area is 87.0 Å². The van der Waals surface area contributed by atoms with Crippen LogP contribution in [0.25, 0.3) is 0 Å². The Bertz CT molecular complexity index is 260. The van der Waals surface area contributed by atoms with Crippen molar-refractivity contribution in [3.05, 3.63) is 0 Å². The number of hydrogen-bond acceptors (Lipinski definition) is 3. The van der Waals surface area contributed by atoms with E-state index < -0.39 is 10.2 Å². The molecule has 86 valence electrons. The number of likely N-dealkylation sites (N-methyl/N-ethyl adjacent to an activating group) is 1. The van der Waals surface area contributed by atoms with E-state index in [0.29, 0.717) is 13.1 Å². The first-order valence-electron chi connectivity index (χ1n) is 4.63. The van der Waals surface area contributed by atoms with Gasteiger partial charge in [-0.25, -0.2) is 9.44 Å².